The Morgan fingerprint density at radius 2 is 1.61 bits per heavy atom. The van der Waals surface area contributed by atoms with Crippen molar-refractivity contribution in [2.24, 2.45) is 22.1 Å². The minimum Gasteiger partial charge on any atom is -0.495 e. The highest BCUT2D eigenvalue weighted by molar-refractivity contribution is 7.18. The van der Waals surface area contributed by atoms with Crippen LogP contribution in [0.25, 0.3) is 0 Å². The van der Waals surface area contributed by atoms with E-state index in [9.17, 15) is 10.1 Å². The number of ether oxygens (including phenoxy) is 2. The van der Waals surface area contributed by atoms with Crippen molar-refractivity contribution in [3.63, 3.8) is 0 Å². The smallest absolute Gasteiger partial charge is 0.348 e. The van der Waals surface area contributed by atoms with E-state index in [1.54, 1.807) is 21.0 Å². The highest BCUT2D eigenvalue weighted by Gasteiger charge is 2.23. The molecule has 0 aliphatic carbocycles. The number of azo groups is 1. The maximum Gasteiger partial charge on any atom is 0.348 e. The van der Waals surface area contributed by atoms with Gasteiger partial charge < -0.3 is 14.4 Å². The quantitative estimate of drug-likeness (QED) is 0.129. The number of nitriles is 1. The molecule has 0 saturated heterocycles. The van der Waals surface area contributed by atoms with Crippen molar-refractivity contribution in [2.45, 2.75) is 99.8 Å². The van der Waals surface area contributed by atoms with E-state index < -0.39 is 5.97 Å². The van der Waals surface area contributed by atoms with Gasteiger partial charge in [0.25, 0.3) is 0 Å². The molecule has 8 heteroatoms. The third kappa shape index (κ3) is 9.56. The molecule has 1 heterocycles. The Balaban J connectivity index is 2.48. The molecular weight excluding hydrogens is 532 g/mol. The number of carbonyl (C=O) groups is 1. The second kappa shape index (κ2) is 17.8. The fraction of sp³-hybridized carbons (Fsp3) is 0.636. The topological polar surface area (TPSA) is 87.3 Å². The summed E-state index contributed by atoms with van der Waals surface area (Å²) in [7, 11) is 1.71. The van der Waals surface area contributed by atoms with Gasteiger partial charge in [0.15, 0.2) is 5.00 Å². The van der Waals surface area contributed by atoms with Crippen LogP contribution >= 0.6 is 11.3 Å². The number of benzene rings is 1. The number of esters is 1. The van der Waals surface area contributed by atoms with E-state index in [0.717, 1.165) is 54.3 Å². The van der Waals surface area contributed by atoms with Crippen molar-refractivity contribution in [2.75, 3.05) is 31.7 Å². The van der Waals surface area contributed by atoms with E-state index in [1.165, 1.54) is 38.5 Å². The third-order valence-corrected chi connectivity index (χ3v) is 8.99. The first kappa shape index (κ1) is 34.3. The molecule has 0 aliphatic rings. The minimum atomic E-state index is -0.441. The maximum absolute atomic E-state index is 12.4. The van der Waals surface area contributed by atoms with Crippen molar-refractivity contribution < 1.29 is 14.3 Å². The summed E-state index contributed by atoms with van der Waals surface area (Å²) in [6.45, 7) is 16.9. The number of aryl methyl sites for hydroxylation is 1. The van der Waals surface area contributed by atoms with Gasteiger partial charge >= 0.3 is 5.97 Å². The van der Waals surface area contributed by atoms with Crippen LogP contribution < -0.4 is 9.64 Å². The average Bonchev–Trinajstić information content (AvgIpc) is 3.30. The summed E-state index contributed by atoms with van der Waals surface area (Å²) in [6.07, 6.45) is 9.71. The highest BCUT2D eigenvalue weighted by atomic mass is 32.1. The van der Waals surface area contributed by atoms with Crippen LogP contribution in [0.4, 0.5) is 16.4 Å². The molecule has 0 amide bonds. The SMILES string of the molecule is CCCCC(CC)CN(CC(CC)CCCC)c1cc(C)c(/N=N/c2sc(C(=O)OCC)c(C)c2C#N)cc1OC. The first-order valence-electron chi connectivity index (χ1n) is 15.3. The number of methoxy groups -OCH3 is 1. The molecular formula is C33H50N4O3S. The van der Waals surface area contributed by atoms with E-state index in [0.29, 0.717) is 38.5 Å². The zero-order valence-electron chi connectivity index (χ0n) is 26.5. The number of nitrogens with zero attached hydrogens (tertiary/aromatic N) is 4. The normalized spacial score (nSPS) is 12.8. The fourth-order valence-electron chi connectivity index (χ4n) is 5.10. The summed E-state index contributed by atoms with van der Waals surface area (Å²) in [5.74, 6) is 1.59. The summed E-state index contributed by atoms with van der Waals surface area (Å²) in [6, 6.07) is 6.28. The largest absolute Gasteiger partial charge is 0.495 e. The van der Waals surface area contributed by atoms with Gasteiger partial charge in [-0.2, -0.15) is 5.26 Å². The molecule has 0 aliphatic heterocycles. The molecule has 1 aromatic carbocycles. The average molecular weight is 583 g/mol. The second-order valence-electron chi connectivity index (χ2n) is 10.8. The van der Waals surface area contributed by atoms with Gasteiger partial charge in [-0.25, -0.2) is 4.79 Å². The van der Waals surface area contributed by atoms with Gasteiger partial charge in [0, 0.05) is 19.2 Å². The van der Waals surface area contributed by atoms with Gasteiger partial charge in [-0.15, -0.1) is 21.6 Å². The molecule has 41 heavy (non-hydrogen) atoms. The molecule has 2 rings (SSSR count). The summed E-state index contributed by atoms with van der Waals surface area (Å²) in [5.41, 5.74) is 3.68. The van der Waals surface area contributed by atoms with Crippen molar-refractivity contribution in [1.82, 2.24) is 0 Å². The molecule has 0 bridgehead atoms. The Morgan fingerprint density at radius 1 is 1.00 bits per heavy atom. The van der Waals surface area contributed by atoms with Crippen LogP contribution in [0.1, 0.15) is 112 Å². The van der Waals surface area contributed by atoms with Gasteiger partial charge in [-0.05, 0) is 62.6 Å². The van der Waals surface area contributed by atoms with E-state index in [4.69, 9.17) is 9.47 Å². The van der Waals surface area contributed by atoms with Crippen LogP contribution in [0.3, 0.4) is 0 Å². The number of hydrogen-bond acceptors (Lipinski definition) is 8. The summed E-state index contributed by atoms with van der Waals surface area (Å²) in [4.78, 5) is 15.3. The number of rotatable bonds is 18. The van der Waals surface area contributed by atoms with Crippen LogP contribution in [0.5, 0.6) is 5.75 Å². The van der Waals surface area contributed by atoms with E-state index in [2.05, 4.69) is 55.0 Å². The molecule has 0 N–H and O–H groups in total. The van der Waals surface area contributed by atoms with Gasteiger partial charge in [0.05, 0.1) is 30.7 Å². The third-order valence-electron chi connectivity index (χ3n) is 7.83. The number of thiophene rings is 1. The highest BCUT2D eigenvalue weighted by Crippen LogP contribution is 2.40. The molecule has 2 atom stereocenters. The van der Waals surface area contributed by atoms with E-state index in [-0.39, 0.29) is 6.61 Å². The van der Waals surface area contributed by atoms with E-state index in [1.807, 2.05) is 13.0 Å². The van der Waals surface area contributed by atoms with Crippen LogP contribution in [0, 0.1) is 37.0 Å². The lowest BCUT2D eigenvalue weighted by atomic mass is 9.95. The predicted octanol–water partition coefficient (Wildman–Crippen LogP) is 10.1. The first-order chi connectivity index (χ1) is 19.8. The molecule has 0 saturated carbocycles. The Morgan fingerprint density at radius 3 is 2.10 bits per heavy atom. The molecule has 226 valence electrons. The lowest BCUT2D eigenvalue weighted by Crippen LogP contribution is -2.34. The molecule has 2 unspecified atom stereocenters. The minimum absolute atomic E-state index is 0.270. The standard InChI is InChI=1S/C33H50N4O3S/c1-9-14-16-25(11-3)21-37(22-26(12-4)17-15-10-2)29-18-23(6)28(19-30(29)39-8)35-36-32-27(20-34)24(7)31(41-32)33(38)40-13-5/h18-19,25-26H,9-17,21-22H2,1-8H3/b36-35+. The monoisotopic (exact) mass is 582 g/mol. The zero-order chi connectivity index (χ0) is 30.4. The fourth-order valence-corrected chi connectivity index (χ4v) is 6.07. The van der Waals surface area contributed by atoms with Crippen molar-refractivity contribution in [3.05, 3.63) is 33.7 Å². The Hall–Kier alpha value is -2.92. The Bertz CT molecular complexity index is 1170. The van der Waals surface area contributed by atoms with Crippen molar-refractivity contribution in [3.8, 4) is 11.8 Å². The summed E-state index contributed by atoms with van der Waals surface area (Å²) < 4.78 is 11.1. The number of hydrogen-bond donors (Lipinski definition) is 0. The molecule has 2 aromatic rings. The van der Waals surface area contributed by atoms with Crippen LogP contribution in [0.15, 0.2) is 22.4 Å². The molecule has 0 spiro atoms. The maximum atomic E-state index is 12.4. The summed E-state index contributed by atoms with van der Waals surface area (Å²) >= 11 is 1.14. The Kier molecular flexibility index (Phi) is 14.9. The second-order valence-corrected chi connectivity index (χ2v) is 11.8. The van der Waals surface area contributed by atoms with Gasteiger partial charge in [-0.1, -0.05) is 66.2 Å². The number of unbranched alkanes of at least 4 members (excludes halogenated alkanes) is 2. The molecule has 1 aromatic heterocycles. The zero-order valence-corrected chi connectivity index (χ0v) is 27.3. The van der Waals surface area contributed by atoms with Crippen LogP contribution in [-0.2, 0) is 4.74 Å². The first-order valence-corrected chi connectivity index (χ1v) is 16.2. The van der Waals surface area contributed by atoms with Gasteiger partial charge in [-0.3, -0.25) is 0 Å². The molecule has 0 radical (unpaired) electrons. The van der Waals surface area contributed by atoms with Crippen molar-refractivity contribution in [1.29, 1.82) is 5.26 Å². The number of anilines is 1. The summed E-state index contributed by atoms with van der Waals surface area (Å²) in [5, 5.41) is 19.1. The van der Waals surface area contributed by atoms with Crippen molar-refractivity contribution >= 4 is 33.7 Å². The lowest BCUT2D eigenvalue weighted by molar-refractivity contribution is 0.0531. The van der Waals surface area contributed by atoms with E-state index >= 15 is 0 Å². The van der Waals surface area contributed by atoms with Crippen LogP contribution in [-0.4, -0.2) is 32.8 Å². The number of carbonyl (C=O) groups excluding carboxylic acids is 1. The molecule has 0 fully saturated rings. The lowest BCUT2D eigenvalue weighted by Gasteiger charge is -2.33. The Labute approximate surface area is 252 Å². The molecule has 7 nitrogen and oxygen atoms in total. The predicted molar refractivity (Wildman–Crippen MR) is 170 cm³/mol. The van der Waals surface area contributed by atoms with Gasteiger partial charge in [0.2, 0.25) is 0 Å². The van der Waals surface area contributed by atoms with Crippen LogP contribution in [0.2, 0.25) is 0 Å². The van der Waals surface area contributed by atoms with Gasteiger partial charge in [0.1, 0.15) is 16.7 Å².